The molecule has 2 N–H and O–H groups in total. The minimum atomic E-state index is -2.44. The Morgan fingerprint density at radius 3 is 2.71 bits per heavy atom. The van der Waals surface area contributed by atoms with Gasteiger partial charge in [0.15, 0.2) is 0 Å². The number of nitrogens with zero attached hydrogens (tertiary/aromatic N) is 1. The van der Waals surface area contributed by atoms with Crippen LogP contribution in [0.1, 0.15) is 19.3 Å². The lowest BCUT2D eigenvalue weighted by atomic mass is 9.91. The molecule has 2 fully saturated rings. The highest BCUT2D eigenvalue weighted by Crippen LogP contribution is 2.59. The summed E-state index contributed by atoms with van der Waals surface area (Å²) in [5.74, 6) is -0.296. The molecule has 1 aliphatic carbocycles. The second kappa shape index (κ2) is 5.16. The van der Waals surface area contributed by atoms with E-state index in [1.807, 2.05) is 0 Å². The first-order chi connectivity index (χ1) is 8.03. The highest BCUT2D eigenvalue weighted by molar-refractivity contribution is 7.39. The summed E-state index contributed by atoms with van der Waals surface area (Å²) in [6.07, 6.45) is 2.97. The first kappa shape index (κ1) is 13.2. The van der Waals surface area contributed by atoms with E-state index in [1.54, 1.807) is 0 Å². The number of carbonyl (C=O) groups excluding carboxylic acids is 1. The molecule has 7 heteroatoms. The summed E-state index contributed by atoms with van der Waals surface area (Å²) in [6, 6.07) is 0. The Morgan fingerprint density at radius 2 is 2.12 bits per heavy atom. The molecule has 0 aromatic heterocycles. The molecule has 1 saturated heterocycles. The van der Waals surface area contributed by atoms with Crippen molar-refractivity contribution in [2.45, 2.75) is 19.3 Å². The van der Waals surface area contributed by atoms with Crippen molar-refractivity contribution in [3.63, 3.8) is 0 Å². The van der Waals surface area contributed by atoms with Crippen LogP contribution >= 0.6 is 8.60 Å². The van der Waals surface area contributed by atoms with Crippen LogP contribution in [0.4, 0.5) is 0 Å². The quantitative estimate of drug-likeness (QED) is 0.435. The number of piperidine rings is 1. The topological polar surface area (TPSA) is 79.2 Å². The van der Waals surface area contributed by atoms with Crippen molar-refractivity contribution < 1.29 is 23.8 Å². The molecule has 2 aliphatic rings. The summed E-state index contributed by atoms with van der Waals surface area (Å²) in [5.41, 5.74) is 0.146. The van der Waals surface area contributed by atoms with Gasteiger partial charge in [-0.3, -0.25) is 9.32 Å². The Labute approximate surface area is 102 Å². The molecule has 1 unspecified atom stereocenters. The van der Waals surface area contributed by atoms with Gasteiger partial charge in [0.1, 0.15) is 0 Å². The second-order valence-corrected chi connectivity index (χ2v) is 5.65. The average Bonchev–Trinajstić information content (AvgIpc) is 2.97. The van der Waals surface area contributed by atoms with Gasteiger partial charge in [0, 0.05) is 0 Å². The van der Waals surface area contributed by atoms with Crippen LogP contribution in [0.3, 0.4) is 0 Å². The first-order valence-electron chi connectivity index (χ1n) is 5.69. The average molecular weight is 263 g/mol. The molecular weight excluding hydrogens is 245 g/mol. The lowest BCUT2D eigenvalue weighted by Crippen LogP contribution is -2.33. The molecule has 0 bridgehead atoms. The van der Waals surface area contributed by atoms with E-state index in [-0.39, 0.29) is 24.1 Å². The predicted octanol–water partition coefficient (Wildman–Crippen LogP) is 0.447. The lowest BCUT2D eigenvalue weighted by molar-refractivity contribution is -0.153. The zero-order valence-electron chi connectivity index (χ0n) is 9.83. The van der Waals surface area contributed by atoms with Gasteiger partial charge in [-0.1, -0.05) is 0 Å². The highest BCUT2D eigenvalue weighted by Gasteiger charge is 2.59. The molecule has 0 radical (unpaired) electrons. The molecule has 1 spiro atoms. The van der Waals surface area contributed by atoms with Crippen molar-refractivity contribution in [3.8, 4) is 0 Å². The van der Waals surface area contributed by atoms with Gasteiger partial charge in [-0.15, -0.1) is 0 Å². The Bertz CT molecular complexity index is 290. The number of hydrogen-bond acceptors (Lipinski definition) is 6. The van der Waals surface area contributed by atoms with Crippen molar-refractivity contribution in [1.82, 2.24) is 4.90 Å². The van der Waals surface area contributed by atoms with Crippen LogP contribution in [0.5, 0.6) is 0 Å². The number of carbonyl (C=O) groups is 1. The normalized spacial score (nSPS) is 27.4. The third-order valence-corrected chi connectivity index (χ3v) is 4.16. The summed E-state index contributed by atoms with van der Waals surface area (Å²) in [4.78, 5) is 30.9. The van der Waals surface area contributed by atoms with Gasteiger partial charge in [-0.25, -0.2) is 0 Å². The summed E-state index contributed by atoms with van der Waals surface area (Å²) < 4.78 is 9.26. The van der Waals surface area contributed by atoms with E-state index in [2.05, 4.69) is 16.5 Å². The Hall–Kier alpha value is -0.260. The van der Waals surface area contributed by atoms with Crippen molar-refractivity contribution in [2.75, 3.05) is 26.9 Å². The fraction of sp³-hybridized carbons (Fsp3) is 0.900. The highest BCUT2D eigenvalue weighted by atomic mass is 31.2. The van der Waals surface area contributed by atoms with Crippen LogP contribution < -0.4 is 0 Å². The standard InChI is InChI=1S/C10H18NO5P/c1-11-4-2-10(3-5-11)6-8(10)9(12)15-7-16-17(13)14/h8,13-14H,2-7H2,1H3. The third-order valence-electron chi connectivity index (χ3n) is 3.83. The zero-order chi connectivity index (χ0) is 12.5. The molecule has 0 aromatic rings. The number of esters is 1. The largest absolute Gasteiger partial charge is 0.438 e. The van der Waals surface area contributed by atoms with E-state index in [9.17, 15) is 4.79 Å². The number of hydrogen-bond donors (Lipinski definition) is 2. The smallest absolute Gasteiger partial charge is 0.330 e. The molecule has 2 rings (SSSR count). The maximum absolute atomic E-state index is 11.7. The third kappa shape index (κ3) is 3.14. The van der Waals surface area contributed by atoms with E-state index in [1.165, 1.54) is 0 Å². The van der Waals surface area contributed by atoms with Gasteiger partial charge >= 0.3 is 14.6 Å². The van der Waals surface area contributed by atoms with Crippen molar-refractivity contribution in [3.05, 3.63) is 0 Å². The Morgan fingerprint density at radius 1 is 1.47 bits per heavy atom. The van der Waals surface area contributed by atoms with Crippen LogP contribution in [0.2, 0.25) is 0 Å². The van der Waals surface area contributed by atoms with Crippen molar-refractivity contribution >= 4 is 14.6 Å². The minimum Gasteiger partial charge on any atom is -0.438 e. The summed E-state index contributed by atoms with van der Waals surface area (Å²) >= 11 is 0. The molecule has 1 atom stereocenters. The van der Waals surface area contributed by atoms with Gasteiger partial charge in [0.25, 0.3) is 0 Å². The van der Waals surface area contributed by atoms with E-state index in [0.717, 1.165) is 32.4 Å². The molecule has 1 saturated carbocycles. The fourth-order valence-electron chi connectivity index (χ4n) is 2.53. The fourth-order valence-corrected chi connectivity index (χ4v) is 2.68. The van der Waals surface area contributed by atoms with Gasteiger partial charge in [0.05, 0.1) is 5.92 Å². The molecular formula is C10H18NO5P. The second-order valence-electron chi connectivity index (χ2n) is 4.89. The van der Waals surface area contributed by atoms with Crippen LogP contribution in [0.15, 0.2) is 0 Å². The first-order valence-corrected chi connectivity index (χ1v) is 6.86. The van der Waals surface area contributed by atoms with E-state index in [4.69, 9.17) is 14.5 Å². The van der Waals surface area contributed by atoms with E-state index < -0.39 is 8.60 Å². The van der Waals surface area contributed by atoms with Gasteiger partial charge in [0.2, 0.25) is 6.79 Å². The van der Waals surface area contributed by atoms with Crippen LogP contribution in [-0.4, -0.2) is 47.6 Å². The molecule has 1 heterocycles. The summed E-state index contributed by atoms with van der Waals surface area (Å²) in [7, 11) is -0.358. The van der Waals surface area contributed by atoms with E-state index >= 15 is 0 Å². The minimum absolute atomic E-state index is 0.0246. The van der Waals surface area contributed by atoms with Gasteiger partial charge < -0.3 is 19.4 Å². The molecule has 1 aliphatic heterocycles. The lowest BCUT2D eigenvalue weighted by Gasteiger charge is -2.29. The summed E-state index contributed by atoms with van der Waals surface area (Å²) in [6.45, 7) is 1.68. The maximum Gasteiger partial charge on any atom is 0.330 e. The SMILES string of the molecule is CN1CCC2(CC1)CC2C(=O)OCOP(O)O. The zero-order valence-corrected chi connectivity index (χ0v) is 10.7. The Balaban J connectivity index is 1.72. The number of ether oxygens (including phenoxy) is 1. The molecule has 6 nitrogen and oxygen atoms in total. The van der Waals surface area contributed by atoms with E-state index in [0.29, 0.717) is 0 Å². The van der Waals surface area contributed by atoms with Crippen LogP contribution in [-0.2, 0) is 14.1 Å². The molecule has 0 aromatic carbocycles. The summed E-state index contributed by atoms with van der Waals surface area (Å²) in [5, 5.41) is 0. The van der Waals surface area contributed by atoms with Gasteiger partial charge in [-0.2, -0.15) is 0 Å². The predicted molar refractivity (Wildman–Crippen MR) is 60.7 cm³/mol. The Kier molecular flexibility index (Phi) is 4.00. The number of rotatable bonds is 4. The van der Waals surface area contributed by atoms with Crippen LogP contribution in [0.25, 0.3) is 0 Å². The van der Waals surface area contributed by atoms with Crippen LogP contribution in [0, 0.1) is 11.3 Å². The molecule has 0 amide bonds. The number of likely N-dealkylation sites (tertiary alicyclic amines) is 1. The molecule has 17 heavy (non-hydrogen) atoms. The van der Waals surface area contributed by atoms with Crippen molar-refractivity contribution in [1.29, 1.82) is 0 Å². The maximum atomic E-state index is 11.7. The monoisotopic (exact) mass is 263 g/mol. The van der Waals surface area contributed by atoms with Gasteiger partial charge in [-0.05, 0) is 44.8 Å². The van der Waals surface area contributed by atoms with Crippen molar-refractivity contribution in [2.24, 2.45) is 11.3 Å². The molecule has 98 valence electrons.